The molecule has 2 heterocycles. The molecular formula is C16H10FN3. The Balaban J connectivity index is 2.01. The van der Waals surface area contributed by atoms with Gasteiger partial charge in [-0.1, -0.05) is 18.2 Å². The molecule has 0 saturated carbocycles. The lowest BCUT2D eigenvalue weighted by molar-refractivity contribution is 0.629. The van der Waals surface area contributed by atoms with Gasteiger partial charge in [-0.15, -0.1) is 0 Å². The molecule has 20 heavy (non-hydrogen) atoms. The quantitative estimate of drug-likeness (QED) is 0.565. The third-order valence-electron chi connectivity index (χ3n) is 3.33. The second-order valence-electron chi connectivity index (χ2n) is 4.63. The molecule has 4 rings (SSSR count). The number of benzene rings is 2. The molecular weight excluding hydrogens is 253 g/mol. The highest BCUT2D eigenvalue weighted by Crippen LogP contribution is 2.26. The van der Waals surface area contributed by atoms with Crippen molar-refractivity contribution in [2.24, 2.45) is 0 Å². The molecule has 1 N–H and O–H groups in total. The first-order valence-electron chi connectivity index (χ1n) is 6.31. The molecule has 0 amide bonds. The van der Waals surface area contributed by atoms with Crippen LogP contribution in [0.15, 0.2) is 54.7 Å². The predicted octanol–water partition coefficient (Wildman–Crippen LogP) is 3.92. The first-order valence-corrected chi connectivity index (χ1v) is 6.31. The van der Waals surface area contributed by atoms with Crippen molar-refractivity contribution in [2.75, 3.05) is 0 Å². The molecule has 4 aromatic rings. The molecule has 2 aromatic heterocycles. The third-order valence-corrected chi connectivity index (χ3v) is 3.33. The van der Waals surface area contributed by atoms with Crippen molar-refractivity contribution in [1.82, 2.24) is 15.0 Å². The van der Waals surface area contributed by atoms with Crippen LogP contribution in [0.4, 0.5) is 4.39 Å². The second kappa shape index (κ2) is 4.13. The number of imidazole rings is 1. The Kier molecular flexibility index (Phi) is 2.29. The SMILES string of the molecule is Fc1ccc2nc(-c3cccc4cccnc34)[nH]c2c1. The minimum absolute atomic E-state index is 0.274. The highest BCUT2D eigenvalue weighted by molar-refractivity contribution is 5.93. The summed E-state index contributed by atoms with van der Waals surface area (Å²) in [5, 5.41) is 1.05. The molecule has 0 aliphatic carbocycles. The summed E-state index contributed by atoms with van der Waals surface area (Å²) in [6.07, 6.45) is 1.76. The normalized spacial score (nSPS) is 11.2. The first kappa shape index (κ1) is 11.1. The van der Waals surface area contributed by atoms with E-state index in [0.717, 1.165) is 22.0 Å². The molecule has 4 heteroatoms. The fraction of sp³-hybridized carbons (Fsp3) is 0. The molecule has 0 fully saturated rings. The first-order chi connectivity index (χ1) is 9.81. The number of aromatic nitrogens is 3. The van der Waals surface area contributed by atoms with E-state index < -0.39 is 0 Å². The number of halogens is 1. The average Bonchev–Trinajstić information content (AvgIpc) is 2.89. The van der Waals surface area contributed by atoms with Gasteiger partial charge in [0.05, 0.1) is 16.6 Å². The summed E-state index contributed by atoms with van der Waals surface area (Å²) in [7, 11) is 0. The van der Waals surface area contributed by atoms with E-state index in [2.05, 4.69) is 15.0 Å². The van der Waals surface area contributed by atoms with Crippen molar-refractivity contribution < 1.29 is 4.39 Å². The van der Waals surface area contributed by atoms with Gasteiger partial charge < -0.3 is 4.98 Å². The van der Waals surface area contributed by atoms with Crippen LogP contribution < -0.4 is 0 Å². The molecule has 0 aliphatic rings. The van der Waals surface area contributed by atoms with Crippen molar-refractivity contribution in [1.29, 1.82) is 0 Å². The lowest BCUT2D eigenvalue weighted by atomic mass is 10.1. The van der Waals surface area contributed by atoms with Gasteiger partial charge >= 0.3 is 0 Å². The van der Waals surface area contributed by atoms with E-state index in [1.807, 2.05) is 30.3 Å². The molecule has 0 aliphatic heterocycles. The molecule has 0 unspecified atom stereocenters. The number of nitrogens with zero attached hydrogens (tertiary/aromatic N) is 2. The van der Waals surface area contributed by atoms with Gasteiger partial charge in [-0.25, -0.2) is 9.37 Å². The Bertz CT molecular complexity index is 922. The molecule has 96 valence electrons. The summed E-state index contributed by atoms with van der Waals surface area (Å²) in [6, 6.07) is 14.4. The molecule has 0 bridgehead atoms. The highest BCUT2D eigenvalue weighted by Gasteiger charge is 2.09. The summed E-state index contributed by atoms with van der Waals surface area (Å²) in [6.45, 7) is 0. The smallest absolute Gasteiger partial charge is 0.140 e. The van der Waals surface area contributed by atoms with Gasteiger partial charge in [0.2, 0.25) is 0 Å². The van der Waals surface area contributed by atoms with E-state index in [-0.39, 0.29) is 5.82 Å². The van der Waals surface area contributed by atoms with Gasteiger partial charge in [0.15, 0.2) is 0 Å². The van der Waals surface area contributed by atoms with Crippen LogP contribution in [-0.2, 0) is 0 Å². The number of aromatic amines is 1. The van der Waals surface area contributed by atoms with Crippen molar-refractivity contribution in [3.63, 3.8) is 0 Å². The number of nitrogens with one attached hydrogen (secondary N) is 1. The Morgan fingerprint density at radius 3 is 2.85 bits per heavy atom. The van der Waals surface area contributed by atoms with Crippen LogP contribution in [0, 0.1) is 5.82 Å². The zero-order chi connectivity index (χ0) is 13.5. The van der Waals surface area contributed by atoms with E-state index in [4.69, 9.17) is 0 Å². The standard InChI is InChI=1S/C16H10FN3/c17-11-6-7-13-14(9-11)20-16(19-13)12-5-1-3-10-4-2-8-18-15(10)12/h1-9H,(H,19,20). The Hall–Kier alpha value is -2.75. The summed E-state index contributed by atoms with van der Waals surface area (Å²) in [5.74, 6) is 0.429. The number of para-hydroxylation sites is 1. The number of fused-ring (bicyclic) bond motifs is 2. The van der Waals surface area contributed by atoms with Crippen LogP contribution in [0.5, 0.6) is 0 Å². The van der Waals surface area contributed by atoms with Crippen LogP contribution in [0.25, 0.3) is 33.3 Å². The second-order valence-corrected chi connectivity index (χ2v) is 4.63. The minimum Gasteiger partial charge on any atom is -0.338 e. The summed E-state index contributed by atoms with van der Waals surface area (Å²) in [4.78, 5) is 12.1. The Morgan fingerprint density at radius 2 is 1.90 bits per heavy atom. The van der Waals surface area contributed by atoms with Gasteiger partial charge in [-0.05, 0) is 30.3 Å². The number of hydrogen-bond acceptors (Lipinski definition) is 2. The van der Waals surface area contributed by atoms with E-state index >= 15 is 0 Å². The van der Waals surface area contributed by atoms with Gasteiger partial charge in [0.1, 0.15) is 11.6 Å². The summed E-state index contributed by atoms with van der Waals surface area (Å²) >= 11 is 0. The monoisotopic (exact) mass is 263 g/mol. The minimum atomic E-state index is -0.274. The lowest BCUT2D eigenvalue weighted by Crippen LogP contribution is -1.85. The number of H-pyrrole nitrogens is 1. The van der Waals surface area contributed by atoms with E-state index in [1.54, 1.807) is 12.3 Å². The molecule has 2 aromatic carbocycles. The Labute approximate surface area is 114 Å². The zero-order valence-electron chi connectivity index (χ0n) is 10.5. The van der Waals surface area contributed by atoms with Crippen LogP contribution in [-0.4, -0.2) is 15.0 Å². The van der Waals surface area contributed by atoms with Gasteiger partial charge in [-0.2, -0.15) is 0 Å². The topological polar surface area (TPSA) is 41.6 Å². The predicted molar refractivity (Wildman–Crippen MR) is 76.8 cm³/mol. The van der Waals surface area contributed by atoms with Gasteiger partial charge in [-0.3, -0.25) is 4.98 Å². The van der Waals surface area contributed by atoms with E-state index in [1.165, 1.54) is 12.1 Å². The van der Waals surface area contributed by atoms with Crippen LogP contribution in [0.2, 0.25) is 0 Å². The summed E-state index contributed by atoms with van der Waals surface area (Å²) in [5.41, 5.74) is 3.23. The van der Waals surface area contributed by atoms with Crippen LogP contribution in [0.3, 0.4) is 0 Å². The van der Waals surface area contributed by atoms with Crippen LogP contribution >= 0.6 is 0 Å². The fourth-order valence-electron chi connectivity index (χ4n) is 2.40. The molecule has 0 atom stereocenters. The van der Waals surface area contributed by atoms with Gasteiger partial charge in [0.25, 0.3) is 0 Å². The van der Waals surface area contributed by atoms with Crippen molar-refractivity contribution in [3.05, 3.63) is 60.5 Å². The van der Waals surface area contributed by atoms with Crippen molar-refractivity contribution in [2.45, 2.75) is 0 Å². The Morgan fingerprint density at radius 1 is 1.00 bits per heavy atom. The third kappa shape index (κ3) is 1.66. The lowest BCUT2D eigenvalue weighted by Gasteiger charge is -2.01. The highest BCUT2D eigenvalue weighted by atomic mass is 19.1. The van der Waals surface area contributed by atoms with E-state index in [9.17, 15) is 4.39 Å². The number of hydrogen-bond donors (Lipinski definition) is 1. The van der Waals surface area contributed by atoms with Crippen molar-refractivity contribution in [3.8, 4) is 11.4 Å². The largest absolute Gasteiger partial charge is 0.338 e. The average molecular weight is 263 g/mol. The van der Waals surface area contributed by atoms with Crippen LogP contribution in [0.1, 0.15) is 0 Å². The van der Waals surface area contributed by atoms with Gasteiger partial charge in [0, 0.05) is 17.1 Å². The summed E-state index contributed by atoms with van der Waals surface area (Å²) < 4.78 is 13.2. The van der Waals surface area contributed by atoms with E-state index in [0.29, 0.717) is 11.3 Å². The molecule has 0 radical (unpaired) electrons. The molecule has 3 nitrogen and oxygen atoms in total. The zero-order valence-corrected chi connectivity index (χ0v) is 10.5. The molecule has 0 saturated heterocycles. The molecule has 0 spiro atoms. The van der Waals surface area contributed by atoms with Crippen molar-refractivity contribution >= 4 is 21.9 Å². The maximum Gasteiger partial charge on any atom is 0.140 e. The number of pyridine rings is 1. The maximum absolute atomic E-state index is 13.2. The maximum atomic E-state index is 13.2. The number of rotatable bonds is 1. The fourth-order valence-corrected chi connectivity index (χ4v) is 2.40.